The Bertz CT molecular complexity index is 279. The van der Waals surface area contributed by atoms with E-state index in [9.17, 15) is 9.59 Å². The molecule has 0 aliphatic heterocycles. The number of unbranched alkanes of at least 4 members (excludes halogenated alkanes) is 3. The minimum Gasteiger partial charge on any atom is -0.356 e. The summed E-state index contributed by atoms with van der Waals surface area (Å²) in [7, 11) is 0. The van der Waals surface area contributed by atoms with Crippen LogP contribution in [0.3, 0.4) is 0 Å². The average molecular weight is 254 g/mol. The van der Waals surface area contributed by atoms with Gasteiger partial charge in [0, 0.05) is 13.1 Å². The molecule has 0 aromatic rings. The molecule has 4 heteroatoms. The van der Waals surface area contributed by atoms with Gasteiger partial charge in [-0.25, -0.2) is 0 Å². The van der Waals surface area contributed by atoms with Gasteiger partial charge < -0.3 is 10.6 Å². The number of rotatable bonds is 9. The SMILES string of the molecule is CCCCCNC(=O)C1CC1C(=O)NCCCC. The van der Waals surface area contributed by atoms with Crippen LogP contribution in [0.2, 0.25) is 0 Å². The normalized spacial score (nSPS) is 21.4. The van der Waals surface area contributed by atoms with Gasteiger partial charge in [0.15, 0.2) is 0 Å². The fourth-order valence-electron chi connectivity index (χ4n) is 2.01. The van der Waals surface area contributed by atoms with Crippen LogP contribution >= 0.6 is 0 Å². The molecule has 1 saturated carbocycles. The third-order valence-electron chi connectivity index (χ3n) is 3.37. The Kier molecular flexibility index (Phi) is 6.76. The van der Waals surface area contributed by atoms with Gasteiger partial charge in [-0.3, -0.25) is 9.59 Å². The number of nitrogens with one attached hydrogen (secondary N) is 2. The van der Waals surface area contributed by atoms with E-state index in [1.165, 1.54) is 0 Å². The van der Waals surface area contributed by atoms with E-state index in [4.69, 9.17) is 0 Å². The molecule has 0 heterocycles. The molecule has 4 nitrogen and oxygen atoms in total. The lowest BCUT2D eigenvalue weighted by molar-refractivity contribution is -0.127. The van der Waals surface area contributed by atoms with Crippen LogP contribution in [0.15, 0.2) is 0 Å². The Balaban J connectivity index is 2.11. The summed E-state index contributed by atoms with van der Waals surface area (Å²) < 4.78 is 0. The lowest BCUT2D eigenvalue weighted by Crippen LogP contribution is -2.31. The minimum atomic E-state index is -0.0759. The maximum absolute atomic E-state index is 11.7. The highest BCUT2D eigenvalue weighted by molar-refractivity contribution is 5.92. The van der Waals surface area contributed by atoms with Crippen molar-refractivity contribution >= 4 is 11.8 Å². The molecule has 0 aromatic carbocycles. The average Bonchev–Trinajstić information content (AvgIpc) is 3.15. The molecule has 18 heavy (non-hydrogen) atoms. The molecule has 2 amide bonds. The van der Waals surface area contributed by atoms with Crippen molar-refractivity contribution in [3.05, 3.63) is 0 Å². The van der Waals surface area contributed by atoms with Crippen molar-refractivity contribution in [2.24, 2.45) is 11.8 Å². The van der Waals surface area contributed by atoms with Crippen LogP contribution in [0.1, 0.15) is 52.4 Å². The van der Waals surface area contributed by atoms with E-state index in [1.807, 2.05) is 0 Å². The molecule has 1 aliphatic rings. The number of hydrogen-bond acceptors (Lipinski definition) is 2. The van der Waals surface area contributed by atoms with Gasteiger partial charge in [0.1, 0.15) is 0 Å². The first-order valence-electron chi connectivity index (χ1n) is 7.26. The second kappa shape index (κ2) is 8.11. The van der Waals surface area contributed by atoms with E-state index >= 15 is 0 Å². The first-order chi connectivity index (χ1) is 8.70. The summed E-state index contributed by atoms with van der Waals surface area (Å²) in [5.74, 6) is -0.0415. The van der Waals surface area contributed by atoms with Crippen LogP contribution in [0.25, 0.3) is 0 Å². The van der Waals surface area contributed by atoms with Crippen molar-refractivity contribution in [1.82, 2.24) is 10.6 Å². The summed E-state index contributed by atoms with van der Waals surface area (Å²) in [4.78, 5) is 23.4. The summed E-state index contributed by atoms with van der Waals surface area (Å²) in [6.07, 6.45) is 6.13. The number of carbonyl (C=O) groups excluding carboxylic acids is 2. The first-order valence-corrected chi connectivity index (χ1v) is 7.26. The second-order valence-corrected chi connectivity index (χ2v) is 5.09. The molecule has 1 fully saturated rings. The molecule has 1 rings (SSSR count). The van der Waals surface area contributed by atoms with Gasteiger partial charge in [0.05, 0.1) is 11.8 Å². The van der Waals surface area contributed by atoms with E-state index in [0.29, 0.717) is 0 Å². The molecule has 0 bridgehead atoms. The topological polar surface area (TPSA) is 58.2 Å². The van der Waals surface area contributed by atoms with Gasteiger partial charge >= 0.3 is 0 Å². The van der Waals surface area contributed by atoms with Crippen LogP contribution in [-0.4, -0.2) is 24.9 Å². The zero-order valence-corrected chi connectivity index (χ0v) is 11.6. The predicted octanol–water partition coefficient (Wildman–Crippen LogP) is 1.85. The summed E-state index contributed by atoms with van der Waals surface area (Å²) in [5.41, 5.74) is 0. The maximum atomic E-state index is 11.7. The smallest absolute Gasteiger partial charge is 0.223 e. The van der Waals surface area contributed by atoms with Crippen LogP contribution in [0.4, 0.5) is 0 Å². The van der Waals surface area contributed by atoms with E-state index in [1.54, 1.807) is 0 Å². The Hall–Kier alpha value is -1.06. The molecular formula is C14H26N2O2. The van der Waals surface area contributed by atoms with E-state index in [-0.39, 0.29) is 23.7 Å². The van der Waals surface area contributed by atoms with Gasteiger partial charge in [-0.1, -0.05) is 33.1 Å². The highest BCUT2D eigenvalue weighted by atomic mass is 16.2. The summed E-state index contributed by atoms with van der Waals surface area (Å²) in [6.45, 7) is 5.71. The van der Waals surface area contributed by atoms with Crippen molar-refractivity contribution in [2.75, 3.05) is 13.1 Å². The quantitative estimate of drug-likeness (QED) is 0.617. The summed E-state index contributed by atoms with van der Waals surface area (Å²) in [6, 6.07) is 0. The van der Waals surface area contributed by atoms with Crippen molar-refractivity contribution < 1.29 is 9.59 Å². The third-order valence-corrected chi connectivity index (χ3v) is 3.37. The fraction of sp³-hybridized carbons (Fsp3) is 0.857. The lowest BCUT2D eigenvalue weighted by atomic mass is 10.2. The molecule has 0 saturated heterocycles. The number of hydrogen-bond donors (Lipinski definition) is 2. The number of amides is 2. The minimum absolute atomic E-state index is 0.0529. The van der Waals surface area contributed by atoms with Gasteiger partial charge in [-0.05, 0) is 19.3 Å². The van der Waals surface area contributed by atoms with Crippen molar-refractivity contribution in [1.29, 1.82) is 0 Å². The van der Waals surface area contributed by atoms with E-state index in [2.05, 4.69) is 24.5 Å². The van der Waals surface area contributed by atoms with Crippen molar-refractivity contribution in [3.8, 4) is 0 Å². The van der Waals surface area contributed by atoms with Gasteiger partial charge in [-0.15, -0.1) is 0 Å². The van der Waals surface area contributed by atoms with Crippen molar-refractivity contribution in [3.63, 3.8) is 0 Å². The highest BCUT2D eigenvalue weighted by Crippen LogP contribution is 2.38. The summed E-state index contributed by atoms with van der Waals surface area (Å²) >= 11 is 0. The largest absolute Gasteiger partial charge is 0.356 e. The molecule has 1 aliphatic carbocycles. The fourth-order valence-corrected chi connectivity index (χ4v) is 2.01. The van der Waals surface area contributed by atoms with Crippen molar-refractivity contribution in [2.45, 2.75) is 52.4 Å². The maximum Gasteiger partial charge on any atom is 0.223 e. The Morgan fingerprint density at radius 2 is 1.39 bits per heavy atom. The van der Waals surface area contributed by atoms with E-state index < -0.39 is 0 Å². The molecule has 2 atom stereocenters. The molecule has 0 spiro atoms. The molecule has 2 unspecified atom stereocenters. The highest BCUT2D eigenvalue weighted by Gasteiger charge is 2.47. The predicted molar refractivity (Wildman–Crippen MR) is 72.0 cm³/mol. The van der Waals surface area contributed by atoms with Crippen LogP contribution in [0, 0.1) is 11.8 Å². The summed E-state index contributed by atoms with van der Waals surface area (Å²) in [5, 5.41) is 5.80. The molecule has 104 valence electrons. The second-order valence-electron chi connectivity index (χ2n) is 5.09. The first kappa shape index (κ1) is 15.0. The molecular weight excluding hydrogens is 228 g/mol. The molecule has 2 N–H and O–H groups in total. The van der Waals surface area contributed by atoms with E-state index in [0.717, 1.165) is 51.6 Å². The van der Waals surface area contributed by atoms with Gasteiger partial charge in [-0.2, -0.15) is 0 Å². The zero-order chi connectivity index (χ0) is 13.4. The Labute approximate surface area is 110 Å². The lowest BCUT2D eigenvalue weighted by Gasteiger charge is -2.05. The Morgan fingerprint density at radius 1 is 0.889 bits per heavy atom. The van der Waals surface area contributed by atoms with Crippen LogP contribution < -0.4 is 10.6 Å². The third kappa shape index (κ3) is 5.07. The van der Waals surface area contributed by atoms with Gasteiger partial charge in [0.2, 0.25) is 11.8 Å². The Morgan fingerprint density at radius 3 is 1.89 bits per heavy atom. The molecule has 0 radical (unpaired) electrons. The van der Waals surface area contributed by atoms with Crippen LogP contribution in [-0.2, 0) is 9.59 Å². The zero-order valence-electron chi connectivity index (χ0n) is 11.6. The standard InChI is InChI=1S/C14H26N2O2/c1-3-5-7-9-16-14(18)12-10-11(12)13(17)15-8-6-4-2/h11-12H,3-10H2,1-2H3,(H,15,17)(H,16,18). The molecule has 0 aromatic heterocycles. The monoisotopic (exact) mass is 254 g/mol. The number of carbonyl (C=O) groups is 2. The van der Waals surface area contributed by atoms with Crippen LogP contribution in [0.5, 0.6) is 0 Å². The van der Waals surface area contributed by atoms with Gasteiger partial charge in [0.25, 0.3) is 0 Å².